The van der Waals surface area contributed by atoms with Crippen LogP contribution in [-0.4, -0.2) is 26.0 Å². The number of ether oxygens (including phenoxy) is 3. The van der Waals surface area contributed by atoms with Gasteiger partial charge in [0.2, 0.25) is 0 Å². The fraction of sp³-hybridized carbons (Fsp3) is 0.250. The van der Waals surface area contributed by atoms with Crippen LogP contribution in [0.2, 0.25) is 0 Å². The van der Waals surface area contributed by atoms with Gasteiger partial charge in [-0.2, -0.15) is 0 Å². The van der Waals surface area contributed by atoms with E-state index in [-0.39, 0.29) is 0 Å². The number of allylic oxidation sites excluding steroid dienone is 2. The molecule has 1 atom stereocenters. The van der Waals surface area contributed by atoms with Gasteiger partial charge in [-0.3, -0.25) is 4.79 Å². The Hall–Kier alpha value is -3.34. The topological polar surface area (TPSA) is 61.8 Å². The molecule has 29 heavy (non-hydrogen) atoms. The number of methoxy groups -OCH3 is 2. The van der Waals surface area contributed by atoms with Gasteiger partial charge >= 0.3 is 5.97 Å². The second-order valence-corrected chi connectivity index (χ2v) is 6.46. The fourth-order valence-electron chi connectivity index (χ4n) is 2.58. The second kappa shape index (κ2) is 10.9. The molecule has 152 valence electrons. The number of benzene rings is 2. The van der Waals surface area contributed by atoms with Crippen molar-refractivity contribution in [1.82, 2.24) is 0 Å². The molecule has 0 heterocycles. The van der Waals surface area contributed by atoms with E-state index in [0.717, 1.165) is 17.5 Å². The molecular formula is C24H26O5. The highest BCUT2D eigenvalue weighted by Gasteiger charge is 2.13. The van der Waals surface area contributed by atoms with E-state index in [1.165, 1.54) is 12.2 Å². The van der Waals surface area contributed by atoms with Gasteiger partial charge in [0.25, 0.3) is 5.78 Å². The SMILES string of the molecule is CCC(C)c1ccc(OC(=O)C(=O)/C=C/C=C/c2ccc(OC)cc2OC)cc1. The Kier molecular flexibility index (Phi) is 8.22. The number of carbonyl (C=O) groups is 2. The number of hydrogen-bond acceptors (Lipinski definition) is 5. The largest absolute Gasteiger partial charge is 0.497 e. The van der Waals surface area contributed by atoms with Crippen molar-refractivity contribution in [3.8, 4) is 17.2 Å². The van der Waals surface area contributed by atoms with Crippen LogP contribution < -0.4 is 14.2 Å². The molecule has 0 aliphatic carbocycles. The van der Waals surface area contributed by atoms with Crippen LogP contribution in [-0.2, 0) is 9.59 Å². The maximum Gasteiger partial charge on any atom is 0.384 e. The van der Waals surface area contributed by atoms with E-state index in [4.69, 9.17) is 14.2 Å². The molecule has 2 rings (SSSR count). The summed E-state index contributed by atoms with van der Waals surface area (Å²) in [6.45, 7) is 4.24. The zero-order valence-electron chi connectivity index (χ0n) is 17.2. The van der Waals surface area contributed by atoms with Crippen LogP contribution in [0.5, 0.6) is 17.2 Å². The molecular weight excluding hydrogens is 368 g/mol. The van der Waals surface area contributed by atoms with Crippen molar-refractivity contribution in [3.05, 3.63) is 71.8 Å². The minimum absolute atomic E-state index is 0.349. The third-order valence-corrected chi connectivity index (χ3v) is 4.55. The van der Waals surface area contributed by atoms with Crippen molar-refractivity contribution < 1.29 is 23.8 Å². The molecule has 0 aliphatic rings. The Morgan fingerprint density at radius 2 is 1.66 bits per heavy atom. The van der Waals surface area contributed by atoms with Gasteiger partial charge < -0.3 is 14.2 Å². The normalized spacial score (nSPS) is 12.1. The molecule has 0 aromatic heterocycles. The molecule has 0 amide bonds. The number of hydrogen-bond donors (Lipinski definition) is 0. The smallest absolute Gasteiger partial charge is 0.384 e. The summed E-state index contributed by atoms with van der Waals surface area (Å²) in [7, 11) is 3.15. The number of rotatable bonds is 9. The van der Waals surface area contributed by atoms with Crippen molar-refractivity contribution in [3.63, 3.8) is 0 Å². The molecule has 0 saturated carbocycles. The molecule has 0 saturated heterocycles. The first-order chi connectivity index (χ1) is 14.0. The lowest BCUT2D eigenvalue weighted by atomic mass is 9.99. The first-order valence-corrected chi connectivity index (χ1v) is 9.41. The highest BCUT2D eigenvalue weighted by Crippen LogP contribution is 2.25. The average Bonchev–Trinajstić information content (AvgIpc) is 2.76. The minimum Gasteiger partial charge on any atom is -0.497 e. The summed E-state index contributed by atoms with van der Waals surface area (Å²) in [5.41, 5.74) is 1.98. The minimum atomic E-state index is -0.923. The van der Waals surface area contributed by atoms with Crippen LogP contribution in [0, 0.1) is 0 Å². The summed E-state index contributed by atoms with van der Waals surface area (Å²) >= 11 is 0. The lowest BCUT2D eigenvalue weighted by Gasteiger charge is -2.09. The average molecular weight is 394 g/mol. The summed E-state index contributed by atoms with van der Waals surface area (Å²) in [5.74, 6) is 0.447. The number of ketones is 1. The van der Waals surface area contributed by atoms with Crippen LogP contribution in [0.4, 0.5) is 0 Å². The van der Waals surface area contributed by atoms with E-state index in [2.05, 4.69) is 13.8 Å². The summed E-state index contributed by atoms with van der Waals surface area (Å²) in [6, 6.07) is 12.6. The second-order valence-electron chi connectivity index (χ2n) is 6.46. The maximum absolute atomic E-state index is 12.0. The van der Waals surface area contributed by atoms with E-state index in [9.17, 15) is 9.59 Å². The monoisotopic (exact) mass is 394 g/mol. The van der Waals surface area contributed by atoms with Crippen molar-refractivity contribution in [2.45, 2.75) is 26.2 Å². The maximum atomic E-state index is 12.0. The van der Waals surface area contributed by atoms with Gasteiger partial charge in [0.05, 0.1) is 14.2 Å². The standard InChI is InChI=1S/C24H26O5/c1-5-17(2)18-10-13-20(14-11-18)29-24(26)22(25)9-7-6-8-19-12-15-21(27-3)16-23(19)28-4/h6-17H,5H2,1-4H3/b8-6+,9-7+. The lowest BCUT2D eigenvalue weighted by molar-refractivity contribution is -0.144. The van der Waals surface area contributed by atoms with Crippen LogP contribution in [0.1, 0.15) is 37.3 Å². The summed E-state index contributed by atoms with van der Waals surface area (Å²) in [5, 5.41) is 0. The van der Waals surface area contributed by atoms with Gasteiger partial charge in [-0.15, -0.1) is 0 Å². The number of carbonyl (C=O) groups excluding carboxylic acids is 2. The molecule has 2 aromatic rings. The third kappa shape index (κ3) is 6.35. The molecule has 0 fully saturated rings. The summed E-state index contributed by atoms with van der Waals surface area (Å²) in [6.07, 6.45) is 7.09. The molecule has 0 spiro atoms. The third-order valence-electron chi connectivity index (χ3n) is 4.55. The Morgan fingerprint density at radius 3 is 2.28 bits per heavy atom. The van der Waals surface area contributed by atoms with Crippen molar-refractivity contribution in [2.75, 3.05) is 14.2 Å². The first-order valence-electron chi connectivity index (χ1n) is 9.41. The van der Waals surface area contributed by atoms with Gasteiger partial charge in [0.1, 0.15) is 17.2 Å². The Morgan fingerprint density at radius 1 is 0.966 bits per heavy atom. The van der Waals surface area contributed by atoms with Crippen LogP contribution in [0.3, 0.4) is 0 Å². The van der Waals surface area contributed by atoms with E-state index < -0.39 is 11.8 Å². The first kappa shape index (κ1) is 22.0. The van der Waals surface area contributed by atoms with Crippen LogP contribution in [0.15, 0.2) is 60.7 Å². The highest BCUT2D eigenvalue weighted by molar-refractivity contribution is 6.38. The van der Waals surface area contributed by atoms with Gasteiger partial charge in [0, 0.05) is 11.6 Å². The Labute approximate surface area is 171 Å². The molecule has 5 nitrogen and oxygen atoms in total. The van der Waals surface area contributed by atoms with Gasteiger partial charge in [-0.25, -0.2) is 4.79 Å². The van der Waals surface area contributed by atoms with E-state index in [1.807, 2.05) is 18.2 Å². The summed E-state index contributed by atoms with van der Waals surface area (Å²) < 4.78 is 15.6. The zero-order chi connectivity index (χ0) is 21.2. The Bertz CT molecular complexity index is 894. The Balaban J connectivity index is 1.94. The molecule has 0 N–H and O–H groups in total. The predicted octanol–water partition coefficient (Wildman–Crippen LogP) is 4.96. The molecule has 5 heteroatoms. The lowest BCUT2D eigenvalue weighted by Crippen LogP contribution is -2.18. The molecule has 0 bridgehead atoms. The van der Waals surface area contributed by atoms with E-state index in [1.54, 1.807) is 50.6 Å². The molecule has 1 unspecified atom stereocenters. The van der Waals surface area contributed by atoms with Crippen molar-refractivity contribution in [1.29, 1.82) is 0 Å². The van der Waals surface area contributed by atoms with Crippen molar-refractivity contribution >= 4 is 17.8 Å². The zero-order valence-corrected chi connectivity index (χ0v) is 17.2. The van der Waals surface area contributed by atoms with Crippen LogP contribution in [0.25, 0.3) is 6.08 Å². The highest BCUT2D eigenvalue weighted by atomic mass is 16.5. The van der Waals surface area contributed by atoms with Gasteiger partial charge in [-0.1, -0.05) is 44.2 Å². The predicted molar refractivity (Wildman–Crippen MR) is 114 cm³/mol. The molecule has 0 aliphatic heterocycles. The molecule has 2 aromatic carbocycles. The number of esters is 1. The summed E-state index contributed by atoms with van der Waals surface area (Å²) in [4.78, 5) is 23.9. The fourth-order valence-corrected chi connectivity index (χ4v) is 2.58. The van der Waals surface area contributed by atoms with E-state index >= 15 is 0 Å². The van der Waals surface area contributed by atoms with Gasteiger partial charge in [0.15, 0.2) is 0 Å². The van der Waals surface area contributed by atoms with Crippen LogP contribution >= 0.6 is 0 Å². The molecule has 0 radical (unpaired) electrons. The quantitative estimate of drug-likeness (QED) is 0.198. The van der Waals surface area contributed by atoms with Crippen molar-refractivity contribution in [2.24, 2.45) is 0 Å². The van der Waals surface area contributed by atoms with E-state index in [0.29, 0.717) is 23.2 Å². The van der Waals surface area contributed by atoms with Gasteiger partial charge in [-0.05, 0) is 48.2 Å².